The third kappa shape index (κ3) is 3.05. The quantitative estimate of drug-likeness (QED) is 0.496. The summed E-state index contributed by atoms with van der Waals surface area (Å²) >= 11 is 4.79. The van der Waals surface area contributed by atoms with Crippen molar-refractivity contribution in [1.82, 2.24) is 10.6 Å². The lowest BCUT2D eigenvalue weighted by molar-refractivity contribution is -0.123. The summed E-state index contributed by atoms with van der Waals surface area (Å²) in [5.74, 6) is 0.307. The Kier molecular flexibility index (Phi) is 4.04. The summed E-state index contributed by atoms with van der Waals surface area (Å²) < 4.78 is 11.3. The third-order valence-corrected chi connectivity index (χ3v) is 3.78. The maximum absolute atomic E-state index is 12.0. The second-order valence-corrected chi connectivity index (χ2v) is 5.77. The van der Waals surface area contributed by atoms with Gasteiger partial charge in [0.05, 0.1) is 6.61 Å². The Hall–Kier alpha value is -2.41. The molecule has 3 rings (SSSR count). The van der Waals surface area contributed by atoms with Crippen LogP contribution in [0.3, 0.4) is 0 Å². The number of benzene rings is 1. The zero-order chi connectivity index (χ0) is 16.6. The van der Waals surface area contributed by atoms with Gasteiger partial charge < -0.3 is 9.47 Å². The van der Waals surface area contributed by atoms with E-state index in [1.807, 2.05) is 19.9 Å². The van der Waals surface area contributed by atoms with Gasteiger partial charge in [-0.15, -0.1) is 0 Å². The second kappa shape index (κ2) is 6.00. The fourth-order valence-electron chi connectivity index (χ4n) is 2.62. The normalized spacial score (nSPS) is 19.7. The summed E-state index contributed by atoms with van der Waals surface area (Å²) in [7, 11) is 0. The molecule has 0 aliphatic carbocycles. The highest BCUT2D eigenvalue weighted by atomic mass is 32.1. The summed E-state index contributed by atoms with van der Waals surface area (Å²) in [6.45, 7) is 4.32. The number of carbonyl (C=O) groups is 2. The van der Waals surface area contributed by atoms with E-state index >= 15 is 0 Å². The number of thiocarbonyl (C=S) groups is 1. The molecule has 1 aromatic carbocycles. The van der Waals surface area contributed by atoms with Gasteiger partial charge in [0.25, 0.3) is 11.8 Å². The standard InChI is InChI=1S/C16H16N2O4S/c1-3-21-12-7-13-9(4-8(2)22-13)5-10(12)6-11-14(19)17-16(23)18-15(11)20/h5-8H,3-4H2,1-2H3,(H2,17,18,19,20,23)/t8-/m0/s1. The van der Waals surface area contributed by atoms with Gasteiger partial charge >= 0.3 is 0 Å². The van der Waals surface area contributed by atoms with E-state index in [-0.39, 0.29) is 16.8 Å². The Labute approximate surface area is 138 Å². The minimum absolute atomic E-state index is 0.00790. The number of fused-ring (bicyclic) bond motifs is 1. The molecule has 7 heteroatoms. The van der Waals surface area contributed by atoms with Gasteiger partial charge in [-0.05, 0) is 43.8 Å². The smallest absolute Gasteiger partial charge is 0.263 e. The third-order valence-electron chi connectivity index (χ3n) is 3.57. The molecule has 2 aliphatic heterocycles. The van der Waals surface area contributed by atoms with E-state index in [0.29, 0.717) is 17.9 Å². The van der Waals surface area contributed by atoms with E-state index in [2.05, 4.69) is 10.6 Å². The lowest BCUT2D eigenvalue weighted by Gasteiger charge is -2.17. The van der Waals surface area contributed by atoms with Gasteiger partial charge in [-0.25, -0.2) is 0 Å². The number of carbonyl (C=O) groups excluding carboxylic acids is 2. The number of ether oxygens (including phenoxy) is 2. The van der Waals surface area contributed by atoms with Crippen LogP contribution in [0.15, 0.2) is 17.7 Å². The van der Waals surface area contributed by atoms with Crippen LogP contribution in [0.25, 0.3) is 6.08 Å². The van der Waals surface area contributed by atoms with Crippen molar-refractivity contribution in [2.24, 2.45) is 0 Å². The molecule has 1 fully saturated rings. The Balaban J connectivity index is 2.03. The topological polar surface area (TPSA) is 76.7 Å². The molecule has 0 bridgehead atoms. The molecule has 120 valence electrons. The van der Waals surface area contributed by atoms with E-state index in [1.54, 1.807) is 6.07 Å². The average Bonchev–Trinajstić information content (AvgIpc) is 2.82. The molecule has 1 aromatic rings. The van der Waals surface area contributed by atoms with Crippen LogP contribution >= 0.6 is 12.2 Å². The van der Waals surface area contributed by atoms with Gasteiger partial charge in [0.15, 0.2) is 5.11 Å². The molecule has 0 spiro atoms. The van der Waals surface area contributed by atoms with Crippen LogP contribution in [0, 0.1) is 0 Å². The van der Waals surface area contributed by atoms with E-state index in [0.717, 1.165) is 17.7 Å². The van der Waals surface area contributed by atoms with E-state index in [9.17, 15) is 9.59 Å². The molecule has 2 aliphatic rings. The van der Waals surface area contributed by atoms with Crippen molar-refractivity contribution in [3.05, 3.63) is 28.8 Å². The lowest BCUT2D eigenvalue weighted by atomic mass is 10.0. The van der Waals surface area contributed by atoms with Crippen molar-refractivity contribution in [2.75, 3.05) is 6.61 Å². The van der Waals surface area contributed by atoms with Gasteiger partial charge in [0, 0.05) is 18.1 Å². The Bertz CT molecular complexity index is 720. The van der Waals surface area contributed by atoms with Crippen LogP contribution in [-0.2, 0) is 16.0 Å². The largest absolute Gasteiger partial charge is 0.493 e. The monoisotopic (exact) mass is 332 g/mol. The maximum Gasteiger partial charge on any atom is 0.263 e. The highest BCUT2D eigenvalue weighted by Gasteiger charge is 2.27. The van der Waals surface area contributed by atoms with Crippen LogP contribution in [0.5, 0.6) is 11.5 Å². The van der Waals surface area contributed by atoms with Crippen LogP contribution < -0.4 is 20.1 Å². The Morgan fingerprint density at radius 2 is 2.04 bits per heavy atom. The summed E-state index contributed by atoms with van der Waals surface area (Å²) in [5.41, 5.74) is 1.68. The lowest BCUT2D eigenvalue weighted by Crippen LogP contribution is -2.51. The summed E-state index contributed by atoms with van der Waals surface area (Å²) in [6, 6.07) is 3.70. The first-order valence-electron chi connectivity index (χ1n) is 7.32. The highest BCUT2D eigenvalue weighted by Crippen LogP contribution is 2.36. The minimum Gasteiger partial charge on any atom is -0.493 e. The summed E-state index contributed by atoms with van der Waals surface area (Å²) in [5, 5.41) is 4.85. The molecule has 0 radical (unpaired) electrons. The van der Waals surface area contributed by atoms with Crippen molar-refractivity contribution < 1.29 is 19.1 Å². The molecular formula is C16H16N2O4S. The molecule has 2 N–H and O–H groups in total. The van der Waals surface area contributed by atoms with Crippen LogP contribution in [0.2, 0.25) is 0 Å². The van der Waals surface area contributed by atoms with Crippen molar-refractivity contribution in [2.45, 2.75) is 26.4 Å². The molecule has 1 saturated heterocycles. The Morgan fingerprint density at radius 3 is 2.70 bits per heavy atom. The zero-order valence-corrected chi connectivity index (χ0v) is 13.6. The molecule has 0 aromatic heterocycles. The fraction of sp³-hybridized carbons (Fsp3) is 0.312. The van der Waals surface area contributed by atoms with Crippen molar-refractivity contribution in [3.63, 3.8) is 0 Å². The molecule has 23 heavy (non-hydrogen) atoms. The SMILES string of the molecule is CCOc1cc2c(cc1C=C1C(=O)NC(=S)NC1=O)C[C@H](C)O2. The van der Waals surface area contributed by atoms with Crippen molar-refractivity contribution in [1.29, 1.82) is 0 Å². The minimum atomic E-state index is -0.522. The van der Waals surface area contributed by atoms with Crippen molar-refractivity contribution >= 4 is 35.2 Å². The number of nitrogens with one attached hydrogen (secondary N) is 2. The summed E-state index contributed by atoms with van der Waals surface area (Å²) in [6.07, 6.45) is 2.39. The second-order valence-electron chi connectivity index (χ2n) is 5.36. The van der Waals surface area contributed by atoms with Crippen LogP contribution in [0.1, 0.15) is 25.0 Å². The van der Waals surface area contributed by atoms with Gasteiger partial charge in [0.1, 0.15) is 23.2 Å². The predicted molar refractivity (Wildman–Crippen MR) is 88.3 cm³/mol. The Morgan fingerprint density at radius 1 is 1.35 bits per heavy atom. The first-order chi connectivity index (χ1) is 11.0. The van der Waals surface area contributed by atoms with E-state index in [4.69, 9.17) is 21.7 Å². The molecule has 0 unspecified atom stereocenters. The first kappa shape index (κ1) is 15.5. The number of hydrogen-bond acceptors (Lipinski definition) is 5. The first-order valence-corrected chi connectivity index (χ1v) is 7.73. The molecule has 2 amide bonds. The van der Waals surface area contributed by atoms with Gasteiger partial charge in [-0.1, -0.05) is 0 Å². The number of hydrogen-bond donors (Lipinski definition) is 2. The number of rotatable bonds is 3. The van der Waals surface area contributed by atoms with Gasteiger partial charge in [-0.3, -0.25) is 20.2 Å². The van der Waals surface area contributed by atoms with Gasteiger partial charge in [0.2, 0.25) is 0 Å². The highest BCUT2D eigenvalue weighted by molar-refractivity contribution is 7.80. The molecule has 1 atom stereocenters. The van der Waals surface area contributed by atoms with Crippen molar-refractivity contribution in [3.8, 4) is 11.5 Å². The number of amides is 2. The maximum atomic E-state index is 12.0. The predicted octanol–water partition coefficient (Wildman–Crippen LogP) is 1.32. The van der Waals surface area contributed by atoms with Crippen LogP contribution in [-0.4, -0.2) is 29.6 Å². The van der Waals surface area contributed by atoms with Gasteiger partial charge in [-0.2, -0.15) is 0 Å². The zero-order valence-electron chi connectivity index (χ0n) is 12.8. The molecule has 0 saturated carbocycles. The fourth-order valence-corrected chi connectivity index (χ4v) is 2.80. The van der Waals surface area contributed by atoms with E-state index < -0.39 is 11.8 Å². The van der Waals surface area contributed by atoms with Crippen LogP contribution in [0.4, 0.5) is 0 Å². The molecular weight excluding hydrogens is 316 g/mol. The average molecular weight is 332 g/mol. The van der Waals surface area contributed by atoms with E-state index in [1.165, 1.54) is 6.08 Å². The summed E-state index contributed by atoms with van der Waals surface area (Å²) in [4.78, 5) is 24.0. The molecule has 2 heterocycles. The molecule has 6 nitrogen and oxygen atoms in total.